The van der Waals surface area contributed by atoms with E-state index in [-0.39, 0.29) is 28.6 Å². The Bertz CT molecular complexity index is 1070. The third-order valence-corrected chi connectivity index (χ3v) is 3.86. The van der Waals surface area contributed by atoms with Crippen molar-refractivity contribution >= 4 is 29.2 Å². The van der Waals surface area contributed by atoms with Gasteiger partial charge in [-0.05, 0) is 30.3 Å². The summed E-state index contributed by atoms with van der Waals surface area (Å²) >= 11 is 0. The molecule has 0 aliphatic carbocycles. The van der Waals surface area contributed by atoms with Crippen LogP contribution in [-0.4, -0.2) is 40.0 Å². The van der Waals surface area contributed by atoms with Gasteiger partial charge in [-0.15, -0.1) is 0 Å². The molecule has 3 aromatic rings. The second-order valence-corrected chi connectivity index (χ2v) is 5.75. The minimum atomic E-state index is -1.38. The summed E-state index contributed by atoms with van der Waals surface area (Å²) in [6, 6.07) is 13.4. The number of rotatable bonds is 6. The Kier molecular flexibility index (Phi) is 5.79. The molecular formula is C20H16N4O5. The molecule has 3 N–H and O–H groups in total. The number of carbonyl (C=O) groups is 3. The average Bonchev–Trinajstić information content (AvgIpc) is 2.74. The molecule has 0 saturated heterocycles. The highest BCUT2D eigenvalue weighted by Gasteiger charge is 2.21. The zero-order valence-corrected chi connectivity index (χ0v) is 15.2. The number of benzene rings is 2. The number of hydrogen-bond acceptors (Lipinski definition) is 6. The van der Waals surface area contributed by atoms with Gasteiger partial charge in [-0.2, -0.15) is 0 Å². The van der Waals surface area contributed by atoms with Gasteiger partial charge in [0.25, 0.3) is 11.8 Å². The van der Waals surface area contributed by atoms with Gasteiger partial charge in [0.15, 0.2) is 11.4 Å². The number of methoxy groups -OCH3 is 1. The fourth-order valence-electron chi connectivity index (χ4n) is 2.51. The molecule has 0 aliphatic heterocycles. The fraction of sp³-hybridized carbons (Fsp3) is 0.0500. The van der Waals surface area contributed by atoms with Crippen LogP contribution in [-0.2, 0) is 0 Å². The maximum Gasteiger partial charge on any atom is 0.356 e. The molecule has 0 spiro atoms. The number of carboxylic acids is 1. The lowest BCUT2D eigenvalue weighted by molar-refractivity contribution is 0.0684. The van der Waals surface area contributed by atoms with E-state index in [1.807, 2.05) is 6.07 Å². The Hall–Kier alpha value is -4.27. The van der Waals surface area contributed by atoms with E-state index in [4.69, 9.17) is 4.74 Å². The molecule has 3 rings (SSSR count). The molecule has 2 aromatic carbocycles. The minimum Gasteiger partial charge on any atom is -0.495 e. The van der Waals surface area contributed by atoms with Crippen molar-refractivity contribution in [3.8, 4) is 5.75 Å². The zero-order chi connectivity index (χ0) is 20.8. The van der Waals surface area contributed by atoms with E-state index in [1.165, 1.54) is 37.7 Å². The second kappa shape index (κ2) is 8.61. The molecular weight excluding hydrogens is 376 g/mol. The number of nitrogens with one attached hydrogen (secondary N) is 2. The maximum atomic E-state index is 12.5. The topological polar surface area (TPSA) is 131 Å². The van der Waals surface area contributed by atoms with Crippen LogP contribution in [0.2, 0.25) is 0 Å². The SMILES string of the molecule is COc1ccc(C(=O)Nc2ccccc2)cc1NC(=O)c1nccnc1C(=O)O. The fourth-order valence-corrected chi connectivity index (χ4v) is 2.51. The van der Waals surface area contributed by atoms with Gasteiger partial charge in [-0.1, -0.05) is 18.2 Å². The molecule has 0 saturated carbocycles. The standard InChI is InChI=1S/C20H16N4O5/c1-29-15-8-7-12(18(25)23-13-5-3-2-4-6-13)11-14(15)24-19(26)16-17(20(27)28)22-10-9-21-16/h2-11H,1H3,(H,23,25)(H,24,26)(H,27,28). The van der Waals surface area contributed by atoms with Crippen LogP contribution in [0.3, 0.4) is 0 Å². The summed E-state index contributed by atoms with van der Waals surface area (Å²) in [6.07, 6.45) is 2.39. The van der Waals surface area contributed by atoms with E-state index in [1.54, 1.807) is 24.3 Å². The summed E-state index contributed by atoms with van der Waals surface area (Å²) in [4.78, 5) is 43.8. The monoisotopic (exact) mass is 392 g/mol. The highest BCUT2D eigenvalue weighted by Crippen LogP contribution is 2.26. The molecule has 146 valence electrons. The average molecular weight is 392 g/mol. The molecule has 0 atom stereocenters. The smallest absolute Gasteiger partial charge is 0.356 e. The molecule has 0 unspecified atom stereocenters. The number of para-hydroxylation sites is 1. The van der Waals surface area contributed by atoms with E-state index in [2.05, 4.69) is 20.6 Å². The van der Waals surface area contributed by atoms with Crippen LogP contribution in [0, 0.1) is 0 Å². The van der Waals surface area contributed by atoms with Gasteiger partial charge < -0.3 is 20.5 Å². The predicted molar refractivity (Wildman–Crippen MR) is 104 cm³/mol. The normalized spacial score (nSPS) is 10.1. The molecule has 9 nitrogen and oxygen atoms in total. The molecule has 9 heteroatoms. The molecule has 0 fully saturated rings. The second-order valence-electron chi connectivity index (χ2n) is 5.75. The van der Waals surface area contributed by atoms with Gasteiger partial charge in [0.05, 0.1) is 12.8 Å². The first-order chi connectivity index (χ1) is 14.0. The van der Waals surface area contributed by atoms with Crippen LogP contribution >= 0.6 is 0 Å². The van der Waals surface area contributed by atoms with E-state index in [0.717, 1.165) is 0 Å². The Labute approximate surface area is 165 Å². The number of hydrogen-bond donors (Lipinski definition) is 3. The number of ether oxygens (including phenoxy) is 1. The van der Waals surface area contributed by atoms with Crippen LogP contribution < -0.4 is 15.4 Å². The van der Waals surface area contributed by atoms with Crippen molar-refractivity contribution in [1.82, 2.24) is 9.97 Å². The number of anilines is 2. The van der Waals surface area contributed by atoms with Crippen molar-refractivity contribution in [3.63, 3.8) is 0 Å². The third kappa shape index (κ3) is 4.53. The third-order valence-electron chi connectivity index (χ3n) is 3.86. The van der Waals surface area contributed by atoms with E-state index >= 15 is 0 Å². The first-order valence-corrected chi connectivity index (χ1v) is 8.39. The van der Waals surface area contributed by atoms with Gasteiger partial charge in [-0.3, -0.25) is 9.59 Å². The number of carbonyl (C=O) groups excluding carboxylic acids is 2. The molecule has 0 bridgehead atoms. The van der Waals surface area contributed by atoms with Gasteiger partial charge in [-0.25, -0.2) is 14.8 Å². The maximum absolute atomic E-state index is 12.5. The predicted octanol–water partition coefficient (Wildman–Crippen LogP) is 2.69. The Balaban J connectivity index is 1.87. The molecule has 0 aliphatic rings. The zero-order valence-electron chi connectivity index (χ0n) is 15.2. The summed E-state index contributed by atoms with van der Waals surface area (Å²) < 4.78 is 5.21. The number of nitrogens with zero attached hydrogens (tertiary/aromatic N) is 2. The number of carboxylic acid groups (broad SMARTS) is 1. The van der Waals surface area contributed by atoms with Crippen molar-refractivity contribution < 1.29 is 24.2 Å². The molecule has 2 amide bonds. The van der Waals surface area contributed by atoms with Crippen LogP contribution in [0.1, 0.15) is 31.3 Å². The summed E-state index contributed by atoms with van der Waals surface area (Å²) in [6.45, 7) is 0. The highest BCUT2D eigenvalue weighted by molar-refractivity contribution is 6.10. The first kappa shape index (κ1) is 19.5. The van der Waals surface area contributed by atoms with Crippen LogP contribution in [0.15, 0.2) is 60.9 Å². The number of amides is 2. The summed E-state index contributed by atoms with van der Waals surface area (Å²) in [5.41, 5.74) is 0.218. The van der Waals surface area contributed by atoms with E-state index in [9.17, 15) is 19.5 Å². The summed E-state index contributed by atoms with van der Waals surface area (Å²) in [5.74, 6) is -2.28. The van der Waals surface area contributed by atoms with Crippen LogP contribution in [0.5, 0.6) is 5.75 Å². The highest BCUT2D eigenvalue weighted by atomic mass is 16.5. The lowest BCUT2D eigenvalue weighted by atomic mass is 10.1. The Morgan fingerprint density at radius 1 is 0.897 bits per heavy atom. The number of aromatic carboxylic acids is 1. The van der Waals surface area contributed by atoms with E-state index in [0.29, 0.717) is 5.69 Å². The van der Waals surface area contributed by atoms with Crippen LogP contribution in [0.25, 0.3) is 0 Å². The molecule has 0 radical (unpaired) electrons. The lowest BCUT2D eigenvalue weighted by Crippen LogP contribution is -2.20. The van der Waals surface area contributed by atoms with Crippen molar-refractivity contribution in [1.29, 1.82) is 0 Å². The first-order valence-electron chi connectivity index (χ1n) is 8.39. The lowest BCUT2D eigenvalue weighted by Gasteiger charge is -2.12. The van der Waals surface area contributed by atoms with Gasteiger partial charge in [0.1, 0.15) is 5.75 Å². The van der Waals surface area contributed by atoms with Crippen LogP contribution in [0.4, 0.5) is 11.4 Å². The molecule has 1 heterocycles. The van der Waals surface area contributed by atoms with E-state index < -0.39 is 17.6 Å². The minimum absolute atomic E-state index is 0.181. The van der Waals surface area contributed by atoms with Crippen molar-refractivity contribution in [3.05, 3.63) is 77.9 Å². The molecule has 1 aromatic heterocycles. The quantitative estimate of drug-likeness (QED) is 0.588. The van der Waals surface area contributed by atoms with Gasteiger partial charge in [0.2, 0.25) is 0 Å². The summed E-state index contributed by atoms with van der Waals surface area (Å²) in [7, 11) is 1.40. The van der Waals surface area contributed by atoms with Gasteiger partial charge in [0, 0.05) is 23.6 Å². The van der Waals surface area contributed by atoms with Gasteiger partial charge >= 0.3 is 5.97 Å². The van der Waals surface area contributed by atoms with Crippen molar-refractivity contribution in [2.75, 3.05) is 17.7 Å². The van der Waals surface area contributed by atoms with Crippen molar-refractivity contribution in [2.24, 2.45) is 0 Å². The Morgan fingerprint density at radius 2 is 1.59 bits per heavy atom. The van der Waals surface area contributed by atoms with Crippen molar-refractivity contribution in [2.45, 2.75) is 0 Å². The largest absolute Gasteiger partial charge is 0.495 e. The number of aromatic nitrogens is 2. The summed E-state index contributed by atoms with van der Waals surface area (Å²) in [5, 5.41) is 14.4. The molecule has 29 heavy (non-hydrogen) atoms. The Morgan fingerprint density at radius 3 is 2.24 bits per heavy atom.